The third kappa shape index (κ3) is 10.3. The minimum absolute atomic E-state index is 0. The van der Waals surface area contributed by atoms with Crippen LogP contribution in [0, 0.1) is 19.4 Å². The van der Waals surface area contributed by atoms with Gasteiger partial charge in [0.2, 0.25) is 0 Å². The summed E-state index contributed by atoms with van der Waals surface area (Å²) in [5, 5.41) is 3.58. The van der Waals surface area contributed by atoms with Gasteiger partial charge < -0.3 is 25.0 Å². The van der Waals surface area contributed by atoms with Crippen LogP contribution >= 0.6 is 0 Å². The first kappa shape index (κ1) is 44.3. The molecular weight excluding hydrogens is 908 g/mol. The van der Waals surface area contributed by atoms with Gasteiger partial charge in [0.05, 0.1) is 11.1 Å². The van der Waals surface area contributed by atoms with Gasteiger partial charge in [0.15, 0.2) is 0 Å². The monoisotopic (exact) mass is 954 g/mol. The number of nitrogens with one attached hydrogen (secondary N) is 1. The Morgan fingerprint density at radius 3 is 1.75 bits per heavy atom. The van der Waals surface area contributed by atoms with E-state index >= 15 is 0 Å². The predicted octanol–water partition coefficient (Wildman–Crippen LogP) is 12.8. The van der Waals surface area contributed by atoms with Crippen LogP contribution in [0.5, 0.6) is 0 Å². The molecule has 0 fully saturated rings. The van der Waals surface area contributed by atoms with Crippen molar-refractivity contribution in [1.29, 1.82) is 0 Å². The summed E-state index contributed by atoms with van der Waals surface area (Å²) < 4.78 is 76.1. The fourth-order valence-electron chi connectivity index (χ4n) is 6.43. The summed E-state index contributed by atoms with van der Waals surface area (Å²) in [6.07, 6.45) is -0.954. The van der Waals surface area contributed by atoms with Crippen molar-refractivity contribution in [2.75, 3.05) is 24.3 Å². The van der Waals surface area contributed by atoms with Crippen molar-refractivity contribution in [3.05, 3.63) is 133 Å². The Morgan fingerprint density at radius 2 is 1.32 bits per heavy atom. The smallest absolute Gasteiger partial charge is 0.657 e. The number of allylic oxidation sites excluding steroid dienone is 1. The van der Waals surface area contributed by atoms with E-state index in [1.807, 2.05) is 44.9 Å². The molecule has 1 N–H and O–H groups in total. The van der Waals surface area contributed by atoms with Crippen LogP contribution in [0.4, 0.5) is 37.7 Å². The molecular formula is C44H47F6N5Pt. The van der Waals surface area contributed by atoms with Crippen LogP contribution in [0.1, 0.15) is 94.0 Å². The molecule has 0 aliphatic carbocycles. The van der Waals surface area contributed by atoms with E-state index in [1.54, 1.807) is 0 Å². The molecule has 0 unspecified atom stereocenters. The van der Waals surface area contributed by atoms with Gasteiger partial charge in [-0.3, -0.25) is 0 Å². The quantitative estimate of drug-likeness (QED) is 0.118. The topological polar surface area (TPSA) is 35.9 Å². The van der Waals surface area contributed by atoms with Gasteiger partial charge in [-0.1, -0.05) is 84.0 Å². The second kappa shape index (κ2) is 17.8. The van der Waals surface area contributed by atoms with Gasteiger partial charge in [-0.05, 0) is 103 Å². The maximum atomic E-state index is 12.7. The third-order valence-electron chi connectivity index (χ3n) is 9.31. The van der Waals surface area contributed by atoms with E-state index in [0.29, 0.717) is 17.8 Å². The Morgan fingerprint density at radius 1 is 0.786 bits per heavy atom. The second-order valence-corrected chi connectivity index (χ2v) is 14.7. The zero-order chi connectivity index (χ0) is 40.4. The van der Waals surface area contributed by atoms with Crippen LogP contribution < -0.4 is 15.2 Å². The van der Waals surface area contributed by atoms with Crippen molar-refractivity contribution in [3.63, 3.8) is 0 Å². The largest absolute Gasteiger partial charge is 4.00 e. The van der Waals surface area contributed by atoms with E-state index in [4.69, 9.17) is 0 Å². The second-order valence-electron chi connectivity index (χ2n) is 14.7. The number of rotatable bonds is 9. The van der Waals surface area contributed by atoms with Gasteiger partial charge in [0.1, 0.15) is 0 Å². The zero-order valence-electron chi connectivity index (χ0n) is 32.8. The number of aromatic nitrogens is 1. The fraction of sp³-hybridized carbons (Fsp3) is 0.318. The number of hydrogen-bond donors (Lipinski definition) is 1. The van der Waals surface area contributed by atoms with Crippen molar-refractivity contribution in [3.8, 4) is 11.1 Å². The summed E-state index contributed by atoms with van der Waals surface area (Å²) in [5.41, 5.74) is 7.40. The standard InChI is InChI=1S/C30H41N4.C14H6F6N.Pt/c1-10-11-32(8)19-31-26-14-25(15-27(18-26)34-13-12-33(9)20-34)30-28(22(4)5)16-24(21(2)3)17-29(30)23(6)7;15-13(16,17)7-1-3-11-9(5-7)10-6-8(14(18,19)20)2-4-12(10)21-11;/h10-17,19-23,31H,1-9H3;1-6H;/q-3;-1;+4/b11-10-;;. The first-order valence-electron chi connectivity index (χ1n) is 18.1. The normalized spacial score (nSPS) is 13.4. The Labute approximate surface area is 340 Å². The molecule has 5 nitrogen and oxygen atoms in total. The maximum absolute atomic E-state index is 12.7. The van der Waals surface area contributed by atoms with Crippen molar-refractivity contribution in [2.24, 2.45) is 0 Å². The van der Waals surface area contributed by atoms with Gasteiger partial charge in [-0.25, -0.2) is 0 Å². The Balaban J connectivity index is 0.000000271. The number of nitrogens with zero attached hydrogens (tertiary/aromatic N) is 4. The molecule has 1 aliphatic rings. The molecule has 1 aliphatic heterocycles. The number of hydrogen-bond acceptors (Lipinski definition) is 4. The van der Waals surface area contributed by atoms with Crippen LogP contribution in [-0.4, -0.2) is 23.9 Å². The summed E-state index contributed by atoms with van der Waals surface area (Å²) in [6.45, 7) is 19.8. The molecule has 0 atom stereocenters. The molecule has 0 radical (unpaired) electrons. The average Bonchev–Trinajstić information content (AvgIpc) is 3.72. The fourth-order valence-corrected chi connectivity index (χ4v) is 6.43. The van der Waals surface area contributed by atoms with E-state index in [2.05, 4.69) is 111 Å². The van der Waals surface area contributed by atoms with E-state index in [-0.39, 0.29) is 42.9 Å². The number of benzene rings is 4. The molecule has 2 heterocycles. The maximum Gasteiger partial charge on any atom is 4.00 e. The summed E-state index contributed by atoms with van der Waals surface area (Å²) in [7, 11) is 4.06. The van der Waals surface area contributed by atoms with E-state index in [0.717, 1.165) is 47.8 Å². The van der Waals surface area contributed by atoms with Crippen LogP contribution in [0.25, 0.3) is 32.9 Å². The van der Waals surface area contributed by atoms with Gasteiger partial charge >= 0.3 is 33.4 Å². The van der Waals surface area contributed by atoms with E-state index in [9.17, 15) is 26.3 Å². The van der Waals surface area contributed by atoms with Gasteiger partial charge in [0.25, 0.3) is 0 Å². The summed E-state index contributed by atoms with van der Waals surface area (Å²) in [4.78, 5) is 10.2. The summed E-state index contributed by atoms with van der Waals surface area (Å²) >= 11 is 0. The third-order valence-corrected chi connectivity index (χ3v) is 9.31. The molecule has 0 bridgehead atoms. The van der Waals surface area contributed by atoms with Crippen molar-refractivity contribution >= 4 is 33.2 Å². The Kier molecular flexibility index (Phi) is 14.1. The SMILES string of the molecule is C/C=C\N(C)[CH-]Nc1[c-]c(N2C=CN(C)[CH-]2)cc(-c2c(C(C)C)cc(C(C)C)cc2C(C)C)c1.FC(F)(F)c1ccc2[n-]c3ccc(C(F)(F)F)cc3c2c1.[Pt+4]. The molecule has 5 aromatic rings. The molecule has 56 heavy (non-hydrogen) atoms. The summed E-state index contributed by atoms with van der Waals surface area (Å²) in [5.74, 6) is 1.34. The van der Waals surface area contributed by atoms with Crippen molar-refractivity contribution in [1.82, 2.24) is 14.8 Å². The molecule has 0 spiro atoms. The van der Waals surface area contributed by atoms with Crippen LogP contribution in [0.15, 0.2) is 85.3 Å². The number of fused-ring (bicyclic) bond motifs is 3. The van der Waals surface area contributed by atoms with Gasteiger partial charge in [-0.15, -0.1) is 46.2 Å². The molecule has 6 rings (SSSR count). The number of halogens is 6. The first-order chi connectivity index (χ1) is 25.8. The minimum Gasteiger partial charge on any atom is -0.657 e. The number of anilines is 2. The Bertz CT molecular complexity index is 2080. The number of alkyl halides is 6. The molecule has 4 aromatic carbocycles. The molecule has 300 valence electrons. The first-order valence-corrected chi connectivity index (χ1v) is 18.1. The van der Waals surface area contributed by atoms with Crippen molar-refractivity contribution in [2.45, 2.75) is 78.6 Å². The van der Waals surface area contributed by atoms with E-state index < -0.39 is 23.5 Å². The molecule has 12 heteroatoms. The van der Waals surface area contributed by atoms with E-state index in [1.165, 1.54) is 27.8 Å². The van der Waals surface area contributed by atoms with Crippen LogP contribution in [0.2, 0.25) is 0 Å². The van der Waals surface area contributed by atoms with Crippen LogP contribution in [0.3, 0.4) is 0 Å². The minimum atomic E-state index is -4.56. The molecule has 1 aromatic heterocycles. The average molecular weight is 955 g/mol. The molecule has 0 amide bonds. The van der Waals surface area contributed by atoms with Gasteiger partial charge in [-0.2, -0.15) is 39.7 Å². The summed E-state index contributed by atoms with van der Waals surface area (Å²) in [6, 6.07) is 18.6. The van der Waals surface area contributed by atoms with Gasteiger partial charge in [0, 0.05) is 0 Å². The zero-order valence-corrected chi connectivity index (χ0v) is 35.1. The van der Waals surface area contributed by atoms with Crippen LogP contribution in [-0.2, 0) is 33.4 Å². The Hall–Kier alpha value is -4.37. The molecule has 0 saturated carbocycles. The predicted molar refractivity (Wildman–Crippen MR) is 212 cm³/mol. The molecule has 0 saturated heterocycles. The van der Waals surface area contributed by atoms with Crippen molar-refractivity contribution < 1.29 is 47.4 Å².